The third kappa shape index (κ3) is 2.63. The molecule has 0 unspecified atom stereocenters. The van der Waals surface area contributed by atoms with Gasteiger partial charge in [0.25, 0.3) is 0 Å². The number of amides is 2. The molecule has 3 atom stereocenters. The lowest BCUT2D eigenvalue weighted by atomic mass is 9.91. The number of hydrogen-bond donors (Lipinski definition) is 0. The van der Waals surface area contributed by atoms with Gasteiger partial charge in [-0.15, -0.1) is 0 Å². The molecule has 0 saturated carbocycles. The molecule has 2 aromatic carbocycles. The van der Waals surface area contributed by atoms with Gasteiger partial charge in [0.2, 0.25) is 5.91 Å². The highest BCUT2D eigenvalue weighted by Gasteiger charge is 2.56. The van der Waals surface area contributed by atoms with Crippen LogP contribution in [0.3, 0.4) is 0 Å². The summed E-state index contributed by atoms with van der Waals surface area (Å²) in [7, 11) is 0. The zero-order chi connectivity index (χ0) is 18.1. The van der Waals surface area contributed by atoms with Crippen molar-refractivity contribution in [2.45, 2.75) is 24.7 Å². The SMILES string of the molecule is O=C[C@H]1[C@@H](N2C(=O)OC[C@H]2c2ccccc2)C(=O)N1Cc1ccccc1. The minimum Gasteiger partial charge on any atom is -0.447 e. The number of nitrogens with zero attached hydrogens (tertiary/aromatic N) is 2. The van der Waals surface area contributed by atoms with E-state index in [1.165, 1.54) is 9.80 Å². The summed E-state index contributed by atoms with van der Waals surface area (Å²) >= 11 is 0. The molecule has 0 aromatic heterocycles. The van der Waals surface area contributed by atoms with Crippen LogP contribution in [0.5, 0.6) is 0 Å². The first-order valence-electron chi connectivity index (χ1n) is 8.50. The number of hydrogen-bond acceptors (Lipinski definition) is 4. The van der Waals surface area contributed by atoms with Crippen LogP contribution in [0.25, 0.3) is 0 Å². The lowest BCUT2D eigenvalue weighted by Gasteiger charge is -2.48. The molecular weight excluding hydrogens is 332 g/mol. The molecule has 6 heteroatoms. The van der Waals surface area contributed by atoms with Gasteiger partial charge in [-0.3, -0.25) is 9.69 Å². The number of carbonyl (C=O) groups is 3. The van der Waals surface area contributed by atoms with Crippen molar-refractivity contribution in [3.05, 3.63) is 71.8 Å². The fourth-order valence-electron chi connectivity index (χ4n) is 3.62. The van der Waals surface area contributed by atoms with Gasteiger partial charge in [-0.2, -0.15) is 0 Å². The van der Waals surface area contributed by atoms with E-state index in [2.05, 4.69) is 0 Å². The summed E-state index contributed by atoms with van der Waals surface area (Å²) in [6, 6.07) is 17.0. The quantitative estimate of drug-likeness (QED) is 0.612. The molecule has 0 aliphatic carbocycles. The van der Waals surface area contributed by atoms with Crippen molar-refractivity contribution in [2.24, 2.45) is 0 Å². The van der Waals surface area contributed by atoms with Gasteiger partial charge in [-0.05, 0) is 11.1 Å². The Morgan fingerprint density at radius 2 is 1.65 bits per heavy atom. The second-order valence-electron chi connectivity index (χ2n) is 6.43. The summed E-state index contributed by atoms with van der Waals surface area (Å²) in [5, 5.41) is 0. The number of likely N-dealkylation sites (tertiary alicyclic amines) is 1. The van der Waals surface area contributed by atoms with E-state index in [0.717, 1.165) is 17.4 Å². The third-order valence-electron chi connectivity index (χ3n) is 4.95. The van der Waals surface area contributed by atoms with Crippen molar-refractivity contribution < 1.29 is 19.1 Å². The molecule has 0 bridgehead atoms. The van der Waals surface area contributed by atoms with Gasteiger partial charge >= 0.3 is 6.09 Å². The summed E-state index contributed by atoms with van der Waals surface area (Å²) in [6.45, 7) is 0.523. The van der Waals surface area contributed by atoms with Crippen molar-refractivity contribution >= 4 is 18.3 Å². The summed E-state index contributed by atoms with van der Waals surface area (Å²) in [6.07, 6.45) is 0.186. The molecule has 0 radical (unpaired) electrons. The average molecular weight is 350 g/mol. The van der Waals surface area contributed by atoms with Crippen molar-refractivity contribution in [3.63, 3.8) is 0 Å². The molecule has 2 heterocycles. The van der Waals surface area contributed by atoms with Gasteiger partial charge in [0.15, 0.2) is 0 Å². The Hall–Kier alpha value is -3.15. The topological polar surface area (TPSA) is 66.9 Å². The average Bonchev–Trinajstić information content (AvgIpc) is 3.06. The zero-order valence-electron chi connectivity index (χ0n) is 14.0. The van der Waals surface area contributed by atoms with Gasteiger partial charge in [0.05, 0.1) is 6.04 Å². The standard InChI is InChI=1S/C20H18N2O4/c23-12-16-18(19(24)21(16)11-14-7-3-1-4-8-14)22-17(13-26-20(22)25)15-9-5-2-6-10-15/h1-10,12,16-18H,11,13H2/t16-,17-,18+/m0/s1. The molecule has 2 aliphatic rings. The maximum absolute atomic E-state index is 12.8. The summed E-state index contributed by atoms with van der Waals surface area (Å²) in [5.41, 5.74) is 1.83. The molecule has 2 fully saturated rings. The van der Waals surface area contributed by atoms with E-state index >= 15 is 0 Å². The van der Waals surface area contributed by atoms with Crippen molar-refractivity contribution in [3.8, 4) is 0 Å². The molecule has 2 aliphatic heterocycles. The number of ether oxygens (including phenoxy) is 1. The van der Waals surface area contributed by atoms with Gasteiger partial charge in [-0.25, -0.2) is 4.79 Å². The minimum atomic E-state index is -0.809. The molecular formula is C20H18N2O4. The predicted octanol–water partition coefficient (Wildman–Crippen LogP) is 2.16. The van der Waals surface area contributed by atoms with Crippen LogP contribution >= 0.6 is 0 Å². The lowest BCUT2D eigenvalue weighted by molar-refractivity contribution is -0.161. The lowest BCUT2D eigenvalue weighted by Crippen LogP contribution is -2.71. The Bertz CT molecular complexity index is 824. The fourth-order valence-corrected chi connectivity index (χ4v) is 3.62. The van der Waals surface area contributed by atoms with Crippen molar-refractivity contribution in [2.75, 3.05) is 6.61 Å². The molecule has 2 saturated heterocycles. The van der Waals surface area contributed by atoms with E-state index < -0.39 is 18.2 Å². The minimum absolute atomic E-state index is 0.177. The van der Waals surface area contributed by atoms with E-state index in [4.69, 9.17) is 4.74 Å². The van der Waals surface area contributed by atoms with Crippen LogP contribution in [-0.2, 0) is 20.9 Å². The van der Waals surface area contributed by atoms with E-state index in [1.54, 1.807) is 0 Å². The van der Waals surface area contributed by atoms with Crippen LogP contribution in [0.2, 0.25) is 0 Å². The highest BCUT2D eigenvalue weighted by Crippen LogP contribution is 2.36. The Morgan fingerprint density at radius 3 is 2.31 bits per heavy atom. The fraction of sp³-hybridized carbons (Fsp3) is 0.250. The second kappa shape index (κ2) is 6.63. The van der Waals surface area contributed by atoms with Crippen LogP contribution in [0.4, 0.5) is 4.79 Å². The maximum atomic E-state index is 12.8. The van der Waals surface area contributed by atoms with Crippen LogP contribution < -0.4 is 0 Å². The van der Waals surface area contributed by atoms with Crippen LogP contribution in [0.15, 0.2) is 60.7 Å². The maximum Gasteiger partial charge on any atom is 0.411 e. The number of cyclic esters (lactones) is 1. The summed E-state index contributed by atoms with van der Waals surface area (Å²) in [4.78, 5) is 39.6. The molecule has 0 N–H and O–H groups in total. The Morgan fingerprint density at radius 1 is 1.00 bits per heavy atom. The highest BCUT2D eigenvalue weighted by molar-refractivity contribution is 5.98. The molecule has 0 spiro atoms. The predicted molar refractivity (Wildman–Crippen MR) is 93.0 cm³/mol. The number of rotatable bonds is 5. The molecule has 2 amide bonds. The van der Waals surface area contributed by atoms with Crippen molar-refractivity contribution in [1.29, 1.82) is 0 Å². The largest absolute Gasteiger partial charge is 0.447 e. The molecule has 2 aromatic rings. The Labute approximate surface area is 151 Å². The van der Waals surface area contributed by atoms with Gasteiger partial charge in [-0.1, -0.05) is 60.7 Å². The van der Waals surface area contributed by atoms with Crippen LogP contribution in [0, 0.1) is 0 Å². The molecule has 132 valence electrons. The first kappa shape index (κ1) is 16.3. The number of benzene rings is 2. The monoisotopic (exact) mass is 350 g/mol. The smallest absolute Gasteiger partial charge is 0.411 e. The number of carbonyl (C=O) groups excluding carboxylic acids is 3. The second-order valence-corrected chi connectivity index (χ2v) is 6.43. The van der Waals surface area contributed by atoms with Crippen LogP contribution in [-0.4, -0.2) is 46.8 Å². The summed E-state index contributed by atoms with van der Waals surface area (Å²) in [5.74, 6) is -0.231. The van der Waals surface area contributed by atoms with Gasteiger partial charge in [0.1, 0.15) is 25.0 Å². The Kier molecular flexibility index (Phi) is 4.16. The van der Waals surface area contributed by atoms with E-state index in [0.29, 0.717) is 6.54 Å². The number of β-lactam (4-membered cyclic amide) rings is 1. The van der Waals surface area contributed by atoms with E-state index in [-0.39, 0.29) is 18.6 Å². The zero-order valence-corrected chi connectivity index (χ0v) is 14.0. The molecule has 26 heavy (non-hydrogen) atoms. The highest BCUT2D eigenvalue weighted by atomic mass is 16.6. The normalized spacial score (nSPS) is 25.0. The first-order chi connectivity index (χ1) is 12.7. The molecule has 6 nitrogen and oxygen atoms in total. The van der Waals surface area contributed by atoms with Crippen LogP contribution in [0.1, 0.15) is 17.2 Å². The first-order valence-corrected chi connectivity index (χ1v) is 8.50. The Balaban J connectivity index is 1.57. The molecule has 4 rings (SSSR count). The van der Waals surface area contributed by atoms with E-state index in [1.807, 2.05) is 60.7 Å². The van der Waals surface area contributed by atoms with E-state index in [9.17, 15) is 14.4 Å². The summed E-state index contributed by atoms with van der Waals surface area (Å²) < 4.78 is 5.18. The van der Waals surface area contributed by atoms with Gasteiger partial charge in [0, 0.05) is 6.54 Å². The third-order valence-corrected chi connectivity index (χ3v) is 4.95. The van der Waals surface area contributed by atoms with Gasteiger partial charge < -0.3 is 14.4 Å². The number of aldehydes is 1. The van der Waals surface area contributed by atoms with Crippen molar-refractivity contribution in [1.82, 2.24) is 9.80 Å².